The number of aliphatic hydroxyl groups excluding tert-OH is 1. The van der Waals surface area contributed by atoms with E-state index in [-0.39, 0.29) is 22.4 Å². The summed E-state index contributed by atoms with van der Waals surface area (Å²) < 4.78 is 0. The summed E-state index contributed by atoms with van der Waals surface area (Å²) in [5, 5.41) is 20.9. The van der Waals surface area contributed by atoms with Crippen LogP contribution in [0.3, 0.4) is 0 Å². The first-order valence-corrected chi connectivity index (χ1v) is 8.51. The smallest absolute Gasteiger partial charge is 0.292 e. The average Bonchev–Trinajstić information content (AvgIpc) is 2.61. The minimum Gasteiger partial charge on any atom is -0.391 e. The predicted octanol–water partition coefficient (Wildman–Crippen LogP) is 1.79. The molecule has 0 bridgehead atoms. The number of para-hydroxylation sites is 2. The van der Waals surface area contributed by atoms with E-state index < -0.39 is 6.10 Å². The molecule has 7 heteroatoms. The molecular weight excluding hydrogens is 310 g/mol. The number of benzene rings is 1. The van der Waals surface area contributed by atoms with Gasteiger partial charge in [-0.05, 0) is 31.7 Å². The number of carbonyl (C=O) groups excluding carboxylic acids is 1. The van der Waals surface area contributed by atoms with Crippen molar-refractivity contribution in [3.8, 4) is 0 Å². The lowest BCUT2D eigenvalue weighted by Gasteiger charge is -2.37. The van der Waals surface area contributed by atoms with Crippen LogP contribution >= 0.6 is 0 Å². The molecule has 2 aliphatic rings. The van der Waals surface area contributed by atoms with E-state index in [0.29, 0.717) is 38.2 Å². The molecule has 1 aromatic rings. The quantitative estimate of drug-likeness (QED) is 0.673. The number of piperidine rings is 2. The predicted molar refractivity (Wildman–Crippen MR) is 89.9 cm³/mol. The lowest BCUT2D eigenvalue weighted by Crippen LogP contribution is -2.47. The fourth-order valence-electron chi connectivity index (χ4n) is 3.67. The molecule has 2 saturated heterocycles. The van der Waals surface area contributed by atoms with E-state index in [9.17, 15) is 20.0 Å². The fourth-order valence-corrected chi connectivity index (χ4v) is 3.67. The van der Waals surface area contributed by atoms with Gasteiger partial charge in [0.15, 0.2) is 0 Å². The summed E-state index contributed by atoms with van der Waals surface area (Å²) >= 11 is 0. The van der Waals surface area contributed by atoms with Crippen LogP contribution in [0.2, 0.25) is 0 Å². The molecule has 1 amide bonds. The summed E-state index contributed by atoms with van der Waals surface area (Å²) in [5.74, 6) is 0.0743. The Morgan fingerprint density at radius 3 is 2.54 bits per heavy atom. The minimum atomic E-state index is -0.408. The molecular formula is C17H23N3O4. The van der Waals surface area contributed by atoms with Gasteiger partial charge in [0.1, 0.15) is 5.69 Å². The molecule has 2 heterocycles. The molecule has 1 unspecified atom stereocenters. The van der Waals surface area contributed by atoms with Crippen molar-refractivity contribution in [2.45, 2.75) is 31.8 Å². The van der Waals surface area contributed by atoms with Crippen molar-refractivity contribution < 1.29 is 14.8 Å². The van der Waals surface area contributed by atoms with Crippen molar-refractivity contribution in [1.82, 2.24) is 4.90 Å². The van der Waals surface area contributed by atoms with E-state index >= 15 is 0 Å². The Kier molecular flexibility index (Phi) is 4.99. The van der Waals surface area contributed by atoms with Crippen molar-refractivity contribution in [3.05, 3.63) is 34.4 Å². The molecule has 0 aliphatic carbocycles. The maximum atomic E-state index is 12.6. The molecule has 0 saturated carbocycles. The summed E-state index contributed by atoms with van der Waals surface area (Å²) in [4.78, 5) is 27.2. The lowest BCUT2D eigenvalue weighted by molar-refractivity contribution is -0.384. The molecule has 1 atom stereocenters. The highest BCUT2D eigenvalue weighted by molar-refractivity contribution is 5.79. The second kappa shape index (κ2) is 7.17. The summed E-state index contributed by atoms with van der Waals surface area (Å²) in [5.41, 5.74) is 0.739. The molecule has 0 radical (unpaired) electrons. The Hall–Kier alpha value is -2.15. The summed E-state index contributed by atoms with van der Waals surface area (Å²) in [6.07, 6.45) is 2.59. The zero-order valence-electron chi connectivity index (χ0n) is 13.6. The van der Waals surface area contributed by atoms with Crippen molar-refractivity contribution in [1.29, 1.82) is 0 Å². The first kappa shape index (κ1) is 16.7. The number of anilines is 1. The second-order valence-electron chi connectivity index (χ2n) is 6.59. The van der Waals surface area contributed by atoms with E-state index in [1.807, 2.05) is 4.90 Å². The van der Waals surface area contributed by atoms with Crippen molar-refractivity contribution in [2.24, 2.45) is 5.92 Å². The van der Waals surface area contributed by atoms with Crippen LogP contribution in [0.15, 0.2) is 24.3 Å². The van der Waals surface area contributed by atoms with Gasteiger partial charge < -0.3 is 14.9 Å². The Bertz CT molecular complexity index is 614. The Labute approximate surface area is 141 Å². The molecule has 0 aromatic heterocycles. The van der Waals surface area contributed by atoms with Crippen LogP contribution in [-0.4, -0.2) is 53.1 Å². The zero-order chi connectivity index (χ0) is 17.1. The van der Waals surface area contributed by atoms with Gasteiger partial charge in [0.2, 0.25) is 5.91 Å². The molecule has 130 valence electrons. The van der Waals surface area contributed by atoms with Gasteiger partial charge in [-0.2, -0.15) is 0 Å². The van der Waals surface area contributed by atoms with Gasteiger partial charge in [-0.15, -0.1) is 0 Å². The van der Waals surface area contributed by atoms with Crippen LogP contribution in [0.25, 0.3) is 0 Å². The number of nitro benzene ring substituents is 1. The van der Waals surface area contributed by atoms with Gasteiger partial charge in [-0.1, -0.05) is 12.1 Å². The first-order valence-electron chi connectivity index (χ1n) is 8.51. The maximum Gasteiger partial charge on any atom is 0.292 e. The largest absolute Gasteiger partial charge is 0.391 e. The number of likely N-dealkylation sites (tertiary alicyclic amines) is 1. The standard InChI is InChI=1S/C17H23N3O4/c21-14-4-3-9-19(12-14)17(22)13-7-10-18(11-8-13)15-5-1-2-6-16(15)20(23)24/h1-2,5-6,13-14,21H,3-4,7-12H2. The molecule has 1 aromatic carbocycles. The number of hydrogen-bond acceptors (Lipinski definition) is 5. The normalized spacial score (nSPS) is 22.5. The van der Waals surface area contributed by atoms with Gasteiger partial charge in [0.25, 0.3) is 5.69 Å². The van der Waals surface area contributed by atoms with E-state index in [1.165, 1.54) is 6.07 Å². The maximum absolute atomic E-state index is 12.6. The number of nitro groups is 1. The van der Waals surface area contributed by atoms with Crippen LogP contribution < -0.4 is 4.90 Å². The monoisotopic (exact) mass is 333 g/mol. The number of nitrogens with zero attached hydrogens (tertiary/aromatic N) is 3. The van der Waals surface area contributed by atoms with Crippen molar-refractivity contribution in [2.75, 3.05) is 31.1 Å². The number of β-amino-alcohol motifs (C(OH)–C–C–N with tert-alkyl or cyclic N) is 1. The minimum absolute atomic E-state index is 0.0469. The topological polar surface area (TPSA) is 86.9 Å². The van der Waals surface area contributed by atoms with E-state index in [1.54, 1.807) is 23.1 Å². The molecule has 24 heavy (non-hydrogen) atoms. The van der Waals surface area contributed by atoms with Crippen molar-refractivity contribution >= 4 is 17.3 Å². The van der Waals surface area contributed by atoms with Gasteiger partial charge in [0, 0.05) is 38.2 Å². The van der Waals surface area contributed by atoms with Gasteiger partial charge >= 0.3 is 0 Å². The van der Waals surface area contributed by atoms with Gasteiger partial charge in [0.05, 0.1) is 11.0 Å². The third kappa shape index (κ3) is 3.51. The molecule has 1 N–H and O–H groups in total. The average molecular weight is 333 g/mol. The Morgan fingerprint density at radius 2 is 1.88 bits per heavy atom. The highest BCUT2D eigenvalue weighted by Crippen LogP contribution is 2.31. The lowest BCUT2D eigenvalue weighted by atomic mass is 9.93. The first-order chi connectivity index (χ1) is 11.6. The zero-order valence-corrected chi connectivity index (χ0v) is 13.6. The summed E-state index contributed by atoms with van der Waals surface area (Å²) in [6.45, 7) is 2.43. The number of aliphatic hydroxyl groups is 1. The van der Waals surface area contributed by atoms with Gasteiger partial charge in [-0.3, -0.25) is 14.9 Å². The Balaban J connectivity index is 1.62. The third-order valence-electron chi connectivity index (χ3n) is 4.97. The Morgan fingerprint density at radius 1 is 1.17 bits per heavy atom. The van der Waals surface area contributed by atoms with E-state index in [0.717, 1.165) is 19.4 Å². The number of amides is 1. The second-order valence-corrected chi connectivity index (χ2v) is 6.59. The third-order valence-corrected chi connectivity index (χ3v) is 4.97. The van der Waals surface area contributed by atoms with Crippen LogP contribution in [0.5, 0.6) is 0 Å². The fraction of sp³-hybridized carbons (Fsp3) is 0.588. The van der Waals surface area contributed by atoms with Crippen molar-refractivity contribution in [3.63, 3.8) is 0 Å². The molecule has 2 aliphatic heterocycles. The molecule has 0 spiro atoms. The van der Waals surface area contributed by atoms with Gasteiger partial charge in [-0.25, -0.2) is 0 Å². The highest BCUT2D eigenvalue weighted by Gasteiger charge is 2.32. The molecule has 3 rings (SSSR count). The van der Waals surface area contributed by atoms with E-state index in [4.69, 9.17) is 0 Å². The summed E-state index contributed by atoms with van der Waals surface area (Å²) in [7, 11) is 0. The van der Waals surface area contributed by atoms with E-state index in [2.05, 4.69) is 0 Å². The number of carbonyl (C=O) groups is 1. The molecule has 2 fully saturated rings. The van der Waals surface area contributed by atoms with Crippen LogP contribution in [0.1, 0.15) is 25.7 Å². The number of rotatable bonds is 3. The number of hydrogen-bond donors (Lipinski definition) is 1. The highest BCUT2D eigenvalue weighted by atomic mass is 16.6. The summed E-state index contributed by atoms with van der Waals surface area (Å²) in [6, 6.07) is 6.75. The van der Waals surface area contributed by atoms with Crippen LogP contribution in [-0.2, 0) is 4.79 Å². The van der Waals surface area contributed by atoms with Crippen LogP contribution in [0.4, 0.5) is 11.4 Å². The molecule has 7 nitrogen and oxygen atoms in total. The SMILES string of the molecule is O=C(C1CCN(c2ccccc2[N+](=O)[O-])CC1)N1CCCC(O)C1. The van der Waals surface area contributed by atoms with Crippen LogP contribution in [0, 0.1) is 16.0 Å².